The van der Waals surface area contributed by atoms with Crippen LogP contribution in [0.15, 0.2) is 23.6 Å². The van der Waals surface area contributed by atoms with Crippen molar-refractivity contribution in [2.75, 3.05) is 31.5 Å². The molecule has 1 fully saturated rings. The molecular weight excluding hydrogens is 440 g/mol. The number of ether oxygens (including phenoxy) is 2. The summed E-state index contributed by atoms with van der Waals surface area (Å²) >= 11 is 1.59. The van der Waals surface area contributed by atoms with Gasteiger partial charge in [0.25, 0.3) is 0 Å². The molecular formula is C19H20F4N4O3S. The van der Waals surface area contributed by atoms with Gasteiger partial charge in [-0.05, 0) is 31.5 Å². The van der Waals surface area contributed by atoms with Crippen molar-refractivity contribution >= 4 is 23.1 Å². The summed E-state index contributed by atoms with van der Waals surface area (Å²) < 4.78 is 61.7. The molecule has 0 radical (unpaired) electrons. The zero-order valence-corrected chi connectivity index (χ0v) is 17.4. The molecule has 31 heavy (non-hydrogen) atoms. The Kier molecular flexibility index (Phi) is 5.79. The molecule has 2 amide bonds. The van der Waals surface area contributed by atoms with E-state index >= 15 is 0 Å². The first-order chi connectivity index (χ1) is 14.6. The van der Waals surface area contributed by atoms with Crippen molar-refractivity contribution in [3.05, 3.63) is 39.8 Å². The summed E-state index contributed by atoms with van der Waals surface area (Å²) in [5.41, 5.74) is 0.141. The van der Waals surface area contributed by atoms with Crippen LogP contribution in [-0.4, -0.2) is 53.3 Å². The molecule has 0 spiro atoms. The lowest BCUT2D eigenvalue weighted by molar-refractivity contribution is -0.461. The Morgan fingerprint density at radius 2 is 2.03 bits per heavy atom. The third kappa shape index (κ3) is 5.08. The van der Waals surface area contributed by atoms with Crippen molar-refractivity contribution in [1.29, 1.82) is 0 Å². The fourth-order valence-corrected chi connectivity index (χ4v) is 4.13. The second-order valence-corrected chi connectivity index (χ2v) is 8.36. The number of halogens is 4. The SMILES string of the molecule is Cc1nc(CN2CCCN(C(=O)Nc3ccc4c(c3)C(F)(F)OC(F)(F)O4)CC2)cs1. The Bertz CT molecular complexity index is 971. The van der Waals surface area contributed by atoms with Crippen LogP contribution in [0.25, 0.3) is 0 Å². The number of thiazole rings is 1. The molecule has 12 heteroatoms. The van der Waals surface area contributed by atoms with Gasteiger partial charge in [0.05, 0.1) is 16.3 Å². The average Bonchev–Trinajstić information content (AvgIpc) is 2.93. The van der Waals surface area contributed by atoms with Crippen LogP contribution in [0, 0.1) is 6.92 Å². The van der Waals surface area contributed by atoms with Crippen LogP contribution in [0.1, 0.15) is 22.7 Å². The van der Waals surface area contributed by atoms with Crippen LogP contribution in [0.3, 0.4) is 0 Å². The maximum absolute atomic E-state index is 13.9. The maximum atomic E-state index is 13.9. The number of urea groups is 1. The number of nitrogens with one attached hydrogen (secondary N) is 1. The fraction of sp³-hybridized carbons (Fsp3) is 0.474. The minimum absolute atomic E-state index is 0.0277. The lowest BCUT2D eigenvalue weighted by atomic mass is 10.1. The van der Waals surface area contributed by atoms with Gasteiger partial charge in [0.2, 0.25) is 0 Å². The van der Waals surface area contributed by atoms with Crippen LogP contribution in [-0.2, 0) is 17.4 Å². The Morgan fingerprint density at radius 3 is 2.77 bits per heavy atom. The van der Waals surface area contributed by atoms with Gasteiger partial charge >= 0.3 is 18.4 Å². The van der Waals surface area contributed by atoms with Crippen molar-refractivity contribution in [1.82, 2.24) is 14.8 Å². The molecule has 7 nitrogen and oxygen atoms in total. The summed E-state index contributed by atoms with van der Waals surface area (Å²) in [5, 5.41) is 5.56. The molecule has 2 aliphatic rings. The molecule has 0 saturated carbocycles. The van der Waals surface area contributed by atoms with Crippen LogP contribution in [0.5, 0.6) is 5.75 Å². The number of amides is 2. The number of hydrogen-bond donors (Lipinski definition) is 1. The predicted molar refractivity (Wildman–Crippen MR) is 104 cm³/mol. The smallest absolute Gasteiger partial charge is 0.409 e. The zero-order valence-electron chi connectivity index (χ0n) is 16.5. The standard InChI is InChI=1S/C19H20F4N4O3S/c1-12-24-14(11-31-12)10-26-5-2-6-27(8-7-26)17(28)25-13-3-4-16-15(9-13)18(20,21)30-19(22,23)29-16/h3-4,9,11H,2,5-8,10H2,1H3,(H,25,28). The molecule has 0 bridgehead atoms. The summed E-state index contributed by atoms with van der Waals surface area (Å²) in [6.07, 6.45) is -7.94. The quantitative estimate of drug-likeness (QED) is 0.696. The lowest BCUT2D eigenvalue weighted by Crippen LogP contribution is -2.41. The third-order valence-corrected chi connectivity index (χ3v) is 5.77. The van der Waals surface area contributed by atoms with E-state index < -0.39 is 29.7 Å². The zero-order chi connectivity index (χ0) is 22.2. The molecule has 168 valence electrons. The summed E-state index contributed by atoms with van der Waals surface area (Å²) in [6, 6.07) is 2.59. The second kappa shape index (κ2) is 8.24. The van der Waals surface area contributed by atoms with Crippen molar-refractivity contribution < 1.29 is 31.8 Å². The van der Waals surface area contributed by atoms with Crippen molar-refractivity contribution in [3.8, 4) is 5.75 Å². The van der Waals surface area contributed by atoms with Crippen LogP contribution in [0.2, 0.25) is 0 Å². The first-order valence-electron chi connectivity index (χ1n) is 9.60. The Labute approximate surface area is 179 Å². The summed E-state index contributed by atoms with van der Waals surface area (Å²) in [4.78, 5) is 20.9. The van der Waals surface area contributed by atoms with Gasteiger partial charge < -0.3 is 15.0 Å². The molecule has 0 aliphatic carbocycles. The number of aryl methyl sites for hydroxylation is 1. The second-order valence-electron chi connectivity index (χ2n) is 7.30. The number of carbonyl (C=O) groups excluding carboxylic acids is 1. The van der Waals surface area contributed by atoms with Crippen LogP contribution < -0.4 is 10.1 Å². The number of fused-ring (bicyclic) bond motifs is 1. The van der Waals surface area contributed by atoms with E-state index in [4.69, 9.17) is 0 Å². The summed E-state index contributed by atoms with van der Waals surface area (Å²) in [5.74, 6) is -0.707. The normalized spacial score (nSPS) is 20.5. The van der Waals surface area contributed by atoms with Crippen molar-refractivity contribution in [2.24, 2.45) is 0 Å². The molecule has 0 unspecified atom stereocenters. The minimum atomic E-state index is -4.43. The van der Waals surface area contributed by atoms with Gasteiger partial charge in [0.1, 0.15) is 5.75 Å². The highest BCUT2D eigenvalue weighted by molar-refractivity contribution is 7.09. The highest BCUT2D eigenvalue weighted by Crippen LogP contribution is 2.46. The van der Waals surface area contributed by atoms with E-state index in [1.165, 1.54) is 6.07 Å². The average molecular weight is 460 g/mol. The molecule has 0 atom stereocenters. The molecule has 3 heterocycles. The first-order valence-corrected chi connectivity index (χ1v) is 10.5. The number of carbonyl (C=O) groups is 1. The van der Waals surface area contributed by atoms with Gasteiger partial charge in [-0.25, -0.2) is 14.5 Å². The molecule has 1 N–H and O–H groups in total. The number of benzene rings is 1. The monoisotopic (exact) mass is 460 g/mol. The molecule has 1 aromatic heterocycles. The Morgan fingerprint density at radius 1 is 1.23 bits per heavy atom. The highest BCUT2D eigenvalue weighted by Gasteiger charge is 2.54. The number of alkyl halides is 4. The topological polar surface area (TPSA) is 66.9 Å². The fourth-order valence-electron chi connectivity index (χ4n) is 3.52. The van der Waals surface area contributed by atoms with Gasteiger partial charge in [-0.1, -0.05) is 0 Å². The van der Waals surface area contributed by atoms with E-state index in [1.54, 1.807) is 16.2 Å². The largest absolute Gasteiger partial charge is 0.540 e. The van der Waals surface area contributed by atoms with E-state index in [0.29, 0.717) is 26.2 Å². The maximum Gasteiger partial charge on any atom is 0.540 e. The van der Waals surface area contributed by atoms with Crippen LogP contribution in [0.4, 0.5) is 28.0 Å². The van der Waals surface area contributed by atoms with E-state index in [2.05, 4.69) is 24.7 Å². The van der Waals surface area contributed by atoms with Gasteiger partial charge in [-0.3, -0.25) is 4.90 Å². The Hall–Kier alpha value is -2.44. The van der Waals surface area contributed by atoms with E-state index in [1.807, 2.05) is 12.3 Å². The number of anilines is 1. The molecule has 1 aromatic carbocycles. The molecule has 2 aromatic rings. The predicted octanol–water partition coefficient (Wildman–Crippen LogP) is 4.20. The summed E-state index contributed by atoms with van der Waals surface area (Å²) in [7, 11) is 0. The lowest BCUT2D eigenvalue weighted by Gasteiger charge is -2.30. The number of hydrogen-bond acceptors (Lipinski definition) is 6. The van der Waals surface area contributed by atoms with E-state index in [0.717, 1.165) is 35.8 Å². The van der Waals surface area contributed by atoms with Crippen molar-refractivity contribution in [2.45, 2.75) is 32.3 Å². The minimum Gasteiger partial charge on any atom is -0.409 e. The summed E-state index contributed by atoms with van der Waals surface area (Å²) in [6.45, 7) is 5.04. The highest BCUT2D eigenvalue weighted by atomic mass is 32.1. The number of aromatic nitrogens is 1. The molecule has 1 saturated heterocycles. The third-order valence-electron chi connectivity index (χ3n) is 4.95. The Balaban J connectivity index is 1.38. The van der Waals surface area contributed by atoms with E-state index in [-0.39, 0.29) is 5.69 Å². The number of nitrogens with zero attached hydrogens (tertiary/aromatic N) is 3. The van der Waals surface area contributed by atoms with Gasteiger partial charge in [0.15, 0.2) is 0 Å². The number of rotatable bonds is 3. The van der Waals surface area contributed by atoms with E-state index in [9.17, 15) is 22.4 Å². The molecule has 2 aliphatic heterocycles. The van der Waals surface area contributed by atoms with Crippen molar-refractivity contribution in [3.63, 3.8) is 0 Å². The molecule has 4 rings (SSSR count). The van der Waals surface area contributed by atoms with Gasteiger partial charge in [0, 0.05) is 43.8 Å². The van der Waals surface area contributed by atoms with Crippen LogP contribution >= 0.6 is 11.3 Å². The van der Waals surface area contributed by atoms with Gasteiger partial charge in [-0.15, -0.1) is 20.1 Å². The van der Waals surface area contributed by atoms with Gasteiger partial charge in [-0.2, -0.15) is 8.78 Å². The first kappa shape index (κ1) is 21.8.